The Labute approximate surface area is 155 Å². The second-order valence-corrected chi connectivity index (χ2v) is 7.37. The Balaban J connectivity index is 1.80. The fraction of sp³-hybridized carbons (Fsp3) is 0.333. The highest BCUT2D eigenvalue weighted by Crippen LogP contribution is 2.35. The number of benzene rings is 1. The summed E-state index contributed by atoms with van der Waals surface area (Å²) in [4.78, 5) is 21.0. The van der Waals surface area contributed by atoms with Gasteiger partial charge in [0.15, 0.2) is 5.13 Å². The summed E-state index contributed by atoms with van der Waals surface area (Å²) in [5.74, 6) is 0.547. The molecule has 0 atom stereocenters. The first-order valence-corrected chi connectivity index (χ1v) is 9.98. The summed E-state index contributed by atoms with van der Waals surface area (Å²) >= 11 is 3.05. The van der Waals surface area contributed by atoms with Crippen molar-refractivity contribution in [2.45, 2.75) is 20.8 Å². The molecule has 132 valence electrons. The smallest absolute Gasteiger partial charge is 0.265 e. The fourth-order valence-corrected chi connectivity index (χ4v) is 4.73. The van der Waals surface area contributed by atoms with E-state index in [-0.39, 0.29) is 5.91 Å². The van der Waals surface area contributed by atoms with E-state index < -0.39 is 0 Å². The summed E-state index contributed by atoms with van der Waals surface area (Å²) in [7, 11) is 0. The lowest BCUT2D eigenvalue weighted by Gasteiger charge is -2.16. The Morgan fingerprint density at radius 1 is 1.20 bits per heavy atom. The van der Waals surface area contributed by atoms with Crippen LogP contribution in [0.5, 0.6) is 5.75 Å². The summed E-state index contributed by atoms with van der Waals surface area (Å²) in [6.07, 6.45) is 0. The Bertz CT molecular complexity index is 837. The molecule has 3 rings (SSSR count). The molecule has 0 fully saturated rings. The van der Waals surface area contributed by atoms with Gasteiger partial charge in [-0.3, -0.25) is 4.79 Å². The van der Waals surface area contributed by atoms with Crippen molar-refractivity contribution >= 4 is 48.9 Å². The molecule has 0 aliphatic rings. The SMILES string of the molecule is CCOc1ccccc1NC(=O)c1cc2sc(N(CC)CC)nc2s1. The first-order valence-electron chi connectivity index (χ1n) is 8.34. The van der Waals surface area contributed by atoms with Crippen LogP contribution < -0.4 is 15.0 Å². The number of para-hydroxylation sites is 2. The van der Waals surface area contributed by atoms with Gasteiger partial charge in [-0.15, -0.1) is 11.3 Å². The van der Waals surface area contributed by atoms with Gasteiger partial charge < -0.3 is 15.0 Å². The molecule has 0 unspecified atom stereocenters. The van der Waals surface area contributed by atoms with E-state index in [2.05, 4.69) is 29.0 Å². The highest BCUT2D eigenvalue weighted by atomic mass is 32.1. The summed E-state index contributed by atoms with van der Waals surface area (Å²) < 4.78 is 6.61. The minimum Gasteiger partial charge on any atom is -0.492 e. The third-order valence-corrected chi connectivity index (χ3v) is 5.99. The standard InChI is InChI=1S/C18H21N3O2S2/c1-4-21(5-2)18-20-17-15(25-18)11-14(24-17)16(22)19-12-9-7-8-10-13(12)23-6-3/h7-11H,4-6H2,1-3H3,(H,19,22). The average molecular weight is 376 g/mol. The molecule has 0 bridgehead atoms. The molecular formula is C18H21N3O2S2. The number of amides is 1. The van der Waals surface area contributed by atoms with E-state index in [0.29, 0.717) is 22.9 Å². The van der Waals surface area contributed by atoms with Crippen molar-refractivity contribution in [1.29, 1.82) is 0 Å². The van der Waals surface area contributed by atoms with E-state index in [0.717, 1.165) is 27.8 Å². The molecular weight excluding hydrogens is 354 g/mol. The molecule has 0 saturated carbocycles. The summed E-state index contributed by atoms with van der Waals surface area (Å²) in [6, 6.07) is 9.38. The highest BCUT2D eigenvalue weighted by molar-refractivity contribution is 7.29. The quantitative estimate of drug-likeness (QED) is 0.641. The Hall–Kier alpha value is -2.12. The Morgan fingerprint density at radius 2 is 1.96 bits per heavy atom. The second kappa shape index (κ2) is 7.84. The Morgan fingerprint density at radius 3 is 2.64 bits per heavy atom. The molecule has 0 spiro atoms. The molecule has 0 aliphatic heterocycles. The normalized spacial score (nSPS) is 10.8. The van der Waals surface area contributed by atoms with E-state index in [9.17, 15) is 4.79 Å². The maximum atomic E-state index is 12.6. The number of thiophene rings is 1. The minimum absolute atomic E-state index is 0.133. The van der Waals surface area contributed by atoms with Gasteiger partial charge >= 0.3 is 0 Å². The largest absolute Gasteiger partial charge is 0.492 e. The zero-order chi connectivity index (χ0) is 17.8. The summed E-state index contributed by atoms with van der Waals surface area (Å²) in [5.41, 5.74) is 0.683. The predicted octanol–water partition coefficient (Wildman–Crippen LogP) is 4.86. The number of hydrogen-bond acceptors (Lipinski definition) is 6. The van der Waals surface area contributed by atoms with Gasteiger partial charge in [-0.1, -0.05) is 23.5 Å². The number of thiazole rings is 1. The third-order valence-electron chi connectivity index (χ3n) is 3.77. The first kappa shape index (κ1) is 17.7. The van der Waals surface area contributed by atoms with Gasteiger partial charge in [0.1, 0.15) is 10.6 Å². The number of anilines is 2. The van der Waals surface area contributed by atoms with Crippen LogP contribution in [0.1, 0.15) is 30.4 Å². The number of carbonyl (C=O) groups excluding carboxylic acids is 1. The van der Waals surface area contributed by atoms with Crippen LogP contribution in [-0.4, -0.2) is 30.6 Å². The monoisotopic (exact) mass is 375 g/mol. The minimum atomic E-state index is -0.133. The molecule has 5 nitrogen and oxygen atoms in total. The number of nitrogens with zero attached hydrogens (tertiary/aromatic N) is 2. The maximum Gasteiger partial charge on any atom is 0.265 e. The molecule has 0 radical (unpaired) electrons. The van der Waals surface area contributed by atoms with Gasteiger partial charge in [0.25, 0.3) is 5.91 Å². The van der Waals surface area contributed by atoms with E-state index in [1.807, 2.05) is 37.3 Å². The number of nitrogens with one attached hydrogen (secondary N) is 1. The zero-order valence-electron chi connectivity index (χ0n) is 14.5. The zero-order valence-corrected chi connectivity index (χ0v) is 16.2. The van der Waals surface area contributed by atoms with Gasteiger partial charge in [-0.2, -0.15) is 0 Å². The lowest BCUT2D eigenvalue weighted by atomic mass is 10.3. The molecule has 2 heterocycles. The van der Waals surface area contributed by atoms with Crippen molar-refractivity contribution < 1.29 is 9.53 Å². The van der Waals surface area contributed by atoms with E-state index in [1.165, 1.54) is 11.3 Å². The topological polar surface area (TPSA) is 54.5 Å². The number of aromatic nitrogens is 1. The van der Waals surface area contributed by atoms with Gasteiger partial charge in [0, 0.05) is 13.1 Å². The van der Waals surface area contributed by atoms with Gasteiger partial charge in [0.2, 0.25) is 0 Å². The molecule has 2 aromatic heterocycles. The predicted molar refractivity (Wildman–Crippen MR) is 107 cm³/mol. The fourth-order valence-electron chi connectivity index (χ4n) is 2.50. The van der Waals surface area contributed by atoms with Gasteiger partial charge in [-0.25, -0.2) is 4.98 Å². The van der Waals surface area contributed by atoms with Gasteiger partial charge in [-0.05, 0) is 39.0 Å². The lowest BCUT2D eigenvalue weighted by molar-refractivity contribution is 0.103. The molecule has 3 aromatic rings. The second-order valence-electron chi connectivity index (χ2n) is 5.33. The van der Waals surface area contributed by atoms with E-state index in [1.54, 1.807) is 11.3 Å². The van der Waals surface area contributed by atoms with Crippen LogP contribution in [-0.2, 0) is 0 Å². The van der Waals surface area contributed by atoms with Crippen molar-refractivity contribution in [3.05, 3.63) is 35.2 Å². The molecule has 1 amide bonds. The molecule has 0 aliphatic carbocycles. The Kier molecular flexibility index (Phi) is 5.55. The van der Waals surface area contributed by atoms with Crippen molar-refractivity contribution in [2.75, 3.05) is 29.9 Å². The van der Waals surface area contributed by atoms with Crippen LogP contribution >= 0.6 is 22.7 Å². The van der Waals surface area contributed by atoms with Crippen LogP contribution in [0.4, 0.5) is 10.8 Å². The van der Waals surface area contributed by atoms with E-state index in [4.69, 9.17) is 4.74 Å². The average Bonchev–Trinajstić information content (AvgIpc) is 3.17. The van der Waals surface area contributed by atoms with E-state index >= 15 is 0 Å². The molecule has 0 saturated heterocycles. The van der Waals surface area contributed by atoms with Crippen molar-refractivity contribution in [2.24, 2.45) is 0 Å². The van der Waals surface area contributed by atoms with Crippen LogP contribution in [0, 0.1) is 0 Å². The first-order chi connectivity index (χ1) is 12.2. The number of hydrogen-bond donors (Lipinski definition) is 1. The van der Waals surface area contributed by atoms with Crippen LogP contribution in [0.15, 0.2) is 30.3 Å². The number of rotatable bonds is 7. The molecule has 1 aromatic carbocycles. The van der Waals surface area contributed by atoms with Crippen molar-refractivity contribution in [1.82, 2.24) is 4.98 Å². The summed E-state index contributed by atoms with van der Waals surface area (Å²) in [6.45, 7) is 8.57. The third kappa shape index (κ3) is 3.77. The van der Waals surface area contributed by atoms with Crippen LogP contribution in [0.25, 0.3) is 9.53 Å². The van der Waals surface area contributed by atoms with Gasteiger partial charge in [0.05, 0.1) is 21.9 Å². The number of fused-ring (bicyclic) bond motifs is 1. The van der Waals surface area contributed by atoms with Crippen LogP contribution in [0.2, 0.25) is 0 Å². The lowest BCUT2D eigenvalue weighted by Crippen LogP contribution is -2.21. The number of carbonyl (C=O) groups is 1. The number of ether oxygens (including phenoxy) is 1. The molecule has 7 heteroatoms. The molecule has 1 N–H and O–H groups in total. The van der Waals surface area contributed by atoms with Crippen LogP contribution in [0.3, 0.4) is 0 Å². The molecule has 25 heavy (non-hydrogen) atoms. The van der Waals surface area contributed by atoms with Crippen molar-refractivity contribution in [3.63, 3.8) is 0 Å². The van der Waals surface area contributed by atoms with Crippen molar-refractivity contribution in [3.8, 4) is 5.75 Å². The summed E-state index contributed by atoms with van der Waals surface area (Å²) in [5, 5.41) is 3.95. The maximum absolute atomic E-state index is 12.6. The highest BCUT2D eigenvalue weighted by Gasteiger charge is 2.17.